The molecule has 1 aliphatic heterocycles. The van der Waals surface area contributed by atoms with Crippen molar-refractivity contribution in [1.82, 2.24) is 14.9 Å². The molecule has 0 bridgehead atoms. The Morgan fingerprint density at radius 3 is 2.52 bits per heavy atom. The number of hydrogen-bond donors (Lipinski definition) is 1. The van der Waals surface area contributed by atoms with Crippen molar-refractivity contribution in [2.24, 2.45) is 5.92 Å². The Balaban J connectivity index is 1.60. The highest BCUT2D eigenvalue weighted by atomic mass is 35.5. The maximum absolute atomic E-state index is 12.5. The van der Waals surface area contributed by atoms with E-state index in [1.54, 1.807) is 6.07 Å². The zero-order chi connectivity index (χ0) is 17.8. The lowest BCUT2D eigenvalue weighted by Gasteiger charge is -2.36. The van der Waals surface area contributed by atoms with Crippen LogP contribution in [-0.4, -0.2) is 63.8 Å². The van der Waals surface area contributed by atoms with E-state index in [9.17, 15) is 9.59 Å². The first-order valence-electron chi connectivity index (χ1n) is 8.46. The molecule has 1 saturated carbocycles. The van der Waals surface area contributed by atoms with Gasteiger partial charge in [-0.05, 0) is 12.8 Å². The van der Waals surface area contributed by atoms with Crippen molar-refractivity contribution in [1.29, 1.82) is 0 Å². The van der Waals surface area contributed by atoms with Crippen molar-refractivity contribution in [3.05, 3.63) is 11.2 Å². The second-order valence-corrected chi connectivity index (χ2v) is 7.64. The molecular formula is C16H21ClN4O3S. The van der Waals surface area contributed by atoms with Gasteiger partial charge in [-0.1, -0.05) is 36.2 Å². The van der Waals surface area contributed by atoms with Gasteiger partial charge < -0.3 is 14.9 Å². The van der Waals surface area contributed by atoms with Gasteiger partial charge in [-0.15, -0.1) is 0 Å². The van der Waals surface area contributed by atoms with Crippen molar-refractivity contribution < 1.29 is 14.7 Å². The summed E-state index contributed by atoms with van der Waals surface area (Å²) in [5, 5.41) is 9.43. The number of aromatic nitrogens is 2. The van der Waals surface area contributed by atoms with Crippen LogP contribution >= 0.6 is 23.4 Å². The minimum absolute atomic E-state index is 0.108. The Hall–Kier alpha value is -1.54. The van der Waals surface area contributed by atoms with Gasteiger partial charge in [-0.2, -0.15) is 0 Å². The van der Waals surface area contributed by atoms with Gasteiger partial charge in [0.05, 0.1) is 5.75 Å². The van der Waals surface area contributed by atoms with Gasteiger partial charge in [0.2, 0.25) is 5.91 Å². The van der Waals surface area contributed by atoms with E-state index in [1.165, 1.54) is 0 Å². The van der Waals surface area contributed by atoms with Gasteiger partial charge in [0.1, 0.15) is 11.0 Å². The largest absolute Gasteiger partial charge is 0.481 e. The highest BCUT2D eigenvalue weighted by Gasteiger charge is 2.29. The topological polar surface area (TPSA) is 86.6 Å². The van der Waals surface area contributed by atoms with E-state index in [1.807, 2.05) is 4.90 Å². The number of carboxylic acid groups (broad SMARTS) is 1. The number of rotatable bonds is 5. The molecule has 1 saturated heterocycles. The summed E-state index contributed by atoms with van der Waals surface area (Å²) in [4.78, 5) is 35.7. The van der Waals surface area contributed by atoms with Crippen molar-refractivity contribution in [3.63, 3.8) is 0 Å². The molecule has 1 aromatic rings. The number of carboxylic acids is 1. The third-order valence-corrected chi connectivity index (χ3v) is 5.63. The zero-order valence-electron chi connectivity index (χ0n) is 13.9. The molecule has 1 N–H and O–H groups in total. The average Bonchev–Trinajstić information content (AvgIpc) is 3.13. The number of hydrogen-bond acceptors (Lipinski definition) is 6. The number of carbonyl (C=O) groups excluding carboxylic acids is 1. The lowest BCUT2D eigenvalue weighted by atomic mass is 10.1. The third kappa shape index (κ3) is 4.76. The Morgan fingerprint density at radius 2 is 1.88 bits per heavy atom. The van der Waals surface area contributed by atoms with Crippen LogP contribution in [0.2, 0.25) is 5.15 Å². The lowest BCUT2D eigenvalue weighted by molar-refractivity contribution is -0.136. The van der Waals surface area contributed by atoms with E-state index < -0.39 is 5.97 Å². The van der Waals surface area contributed by atoms with Crippen molar-refractivity contribution in [2.45, 2.75) is 30.8 Å². The number of aliphatic carboxylic acids is 1. The summed E-state index contributed by atoms with van der Waals surface area (Å²) in [7, 11) is 0. The number of carbonyl (C=O) groups is 2. The number of thioether (sulfide) groups is 1. The van der Waals surface area contributed by atoms with Gasteiger partial charge in [-0.25, -0.2) is 9.97 Å². The van der Waals surface area contributed by atoms with Crippen molar-refractivity contribution in [3.8, 4) is 0 Å². The molecule has 3 rings (SSSR count). The maximum Gasteiger partial charge on any atom is 0.313 e. The Morgan fingerprint density at radius 1 is 1.20 bits per heavy atom. The summed E-state index contributed by atoms with van der Waals surface area (Å²) >= 11 is 7.09. The molecule has 0 atom stereocenters. The fourth-order valence-electron chi connectivity index (χ4n) is 3.33. The van der Waals surface area contributed by atoms with E-state index in [4.69, 9.17) is 16.7 Å². The SMILES string of the molecule is O=C(O)CSc1nc(Cl)cc(N2CCN(C(=O)C3CCCC3)CC2)n1. The van der Waals surface area contributed by atoms with Crippen LogP contribution in [0, 0.1) is 5.92 Å². The second kappa shape index (κ2) is 8.23. The van der Waals surface area contributed by atoms with Crippen LogP contribution < -0.4 is 4.90 Å². The molecule has 2 fully saturated rings. The molecule has 136 valence electrons. The number of piperazine rings is 1. The fourth-order valence-corrected chi connectivity index (χ4v) is 4.13. The molecule has 0 aromatic carbocycles. The molecule has 2 heterocycles. The molecule has 25 heavy (non-hydrogen) atoms. The third-order valence-electron chi connectivity index (χ3n) is 4.61. The van der Waals surface area contributed by atoms with Gasteiger partial charge in [0.15, 0.2) is 5.16 Å². The molecular weight excluding hydrogens is 364 g/mol. The Labute approximate surface area is 155 Å². The molecule has 7 nitrogen and oxygen atoms in total. The maximum atomic E-state index is 12.5. The monoisotopic (exact) mass is 384 g/mol. The van der Waals surface area contributed by atoms with Gasteiger partial charge >= 0.3 is 5.97 Å². The predicted octanol–water partition coefficient (Wildman–Crippen LogP) is 2.15. The molecule has 0 radical (unpaired) electrons. The van der Waals surface area contributed by atoms with E-state index in [-0.39, 0.29) is 17.6 Å². The molecule has 9 heteroatoms. The summed E-state index contributed by atoms with van der Waals surface area (Å²) in [6, 6.07) is 1.68. The van der Waals surface area contributed by atoms with Crippen LogP contribution in [0.1, 0.15) is 25.7 Å². The van der Waals surface area contributed by atoms with Gasteiger partial charge in [0.25, 0.3) is 0 Å². The number of anilines is 1. The first-order chi connectivity index (χ1) is 12.0. The molecule has 2 aliphatic rings. The van der Waals surface area contributed by atoms with Crippen LogP contribution in [0.5, 0.6) is 0 Å². The smallest absolute Gasteiger partial charge is 0.313 e. The summed E-state index contributed by atoms with van der Waals surface area (Å²) < 4.78 is 0. The van der Waals surface area contributed by atoms with Crippen molar-refractivity contribution in [2.75, 3.05) is 36.8 Å². The van der Waals surface area contributed by atoms with Crippen LogP contribution in [-0.2, 0) is 9.59 Å². The lowest BCUT2D eigenvalue weighted by Crippen LogP contribution is -2.50. The van der Waals surface area contributed by atoms with E-state index in [0.717, 1.165) is 37.4 Å². The fraction of sp³-hybridized carbons (Fsp3) is 0.625. The molecule has 0 spiro atoms. The van der Waals surface area contributed by atoms with E-state index >= 15 is 0 Å². The summed E-state index contributed by atoms with van der Waals surface area (Å²) in [5.74, 6) is 0.147. The highest BCUT2D eigenvalue weighted by Crippen LogP contribution is 2.28. The molecule has 1 aromatic heterocycles. The first-order valence-corrected chi connectivity index (χ1v) is 9.82. The minimum Gasteiger partial charge on any atom is -0.481 e. The first kappa shape index (κ1) is 18.3. The zero-order valence-corrected chi connectivity index (χ0v) is 15.4. The number of halogens is 1. The molecule has 1 amide bonds. The highest BCUT2D eigenvalue weighted by molar-refractivity contribution is 7.99. The van der Waals surface area contributed by atoms with Gasteiger partial charge in [0, 0.05) is 38.2 Å². The molecule has 0 unspecified atom stereocenters. The normalized spacial score (nSPS) is 18.6. The number of nitrogens with zero attached hydrogens (tertiary/aromatic N) is 4. The summed E-state index contributed by atoms with van der Waals surface area (Å²) in [5.41, 5.74) is 0. The number of amides is 1. The van der Waals surface area contributed by atoms with E-state index in [0.29, 0.717) is 42.3 Å². The summed E-state index contributed by atoms with van der Waals surface area (Å²) in [6.07, 6.45) is 4.36. The van der Waals surface area contributed by atoms with Gasteiger partial charge in [-0.3, -0.25) is 9.59 Å². The molecule has 1 aliphatic carbocycles. The van der Waals surface area contributed by atoms with Crippen LogP contribution in [0.3, 0.4) is 0 Å². The minimum atomic E-state index is -0.922. The average molecular weight is 385 g/mol. The predicted molar refractivity (Wildman–Crippen MR) is 96.2 cm³/mol. The summed E-state index contributed by atoms with van der Waals surface area (Å²) in [6.45, 7) is 2.73. The van der Waals surface area contributed by atoms with Crippen LogP contribution in [0.4, 0.5) is 5.82 Å². The van der Waals surface area contributed by atoms with E-state index in [2.05, 4.69) is 14.9 Å². The second-order valence-electron chi connectivity index (χ2n) is 6.31. The quantitative estimate of drug-likeness (QED) is 0.472. The Kier molecular flexibility index (Phi) is 6.01. The van der Waals surface area contributed by atoms with Crippen molar-refractivity contribution >= 4 is 41.1 Å². The Bertz CT molecular complexity index is 646. The van der Waals surface area contributed by atoms with Crippen LogP contribution in [0.25, 0.3) is 0 Å². The van der Waals surface area contributed by atoms with Crippen LogP contribution in [0.15, 0.2) is 11.2 Å². The standard InChI is InChI=1S/C16H21ClN4O3S/c17-12-9-13(19-16(18-12)25-10-14(22)23)20-5-7-21(8-6-20)15(24)11-3-1-2-4-11/h9,11H,1-8,10H2,(H,22,23).